The smallest absolute Gasteiger partial charge is 0.250 e. The van der Waals surface area contributed by atoms with Crippen LogP contribution in [0.3, 0.4) is 0 Å². The van der Waals surface area contributed by atoms with Crippen LogP contribution < -0.4 is 0 Å². The highest BCUT2D eigenvalue weighted by Gasteiger charge is 2.69. The van der Waals surface area contributed by atoms with Crippen LogP contribution in [-0.4, -0.2) is 31.0 Å². The molecule has 0 saturated heterocycles. The first-order valence-corrected chi connectivity index (χ1v) is 3.24. The first-order valence-electron chi connectivity index (χ1n) is 3.24. The molecule has 98 valence electrons. The molecule has 0 amide bonds. The Bertz CT molecular complexity index is 232. The standard InChI is InChI=1S/C5H2F10O/c6-1(7)3(9,10)4(11,12)2(8)16-5(13,14)15/h1-2H. The van der Waals surface area contributed by atoms with Crippen molar-refractivity contribution in [2.75, 3.05) is 0 Å². The van der Waals surface area contributed by atoms with Crippen molar-refractivity contribution in [1.82, 2.24) is 0 Å². The van der Waals surface area contributed by atoms with E-state index < -0.39 is 31.0 Å². The summed E-state index contributed by atoms with van der Waals surface area (Å²) >= 11 is 0. The first kappa shape index (κ1) is 15.3. The second-order valence-corrected chi connectivity index (χ2v) is 2.43. The molecule has 0 aliphatic carbocycles. The minimum absolute atomic E-state index is 1.91. The molecule has 0 fully saturated rings. The molecule has 0 aromatic rings. The fourth-order valence-corrected chi connectivity index (χ4v) is 0.488. The number of hydrogen-bond acceptors (Lipinski definition) is 1. The van der Waals surface area contributed by atoms with Crippen LogP contribution in [0.2, 0.25) is 0 Å². The second kappa shape index (κ2) is 4.26. The van der Waals surface area contributed by atoms with Gasteiger partial charge in [0.1, 0.15) is 0 Å². The zero-order valence-corrected chi connectivity index (χ0v) is 6.84. The lowest BCUT2D eigenvalue weighted by Crippen LogP contribution is -2.54. The monoisotopic (exact) mass is 268 g/mol. The Hall–Kier alpha value is -0.740. The fraction of sp³-hybridized carbons (Fsp3) is 1.00. The molecule has 0 rings (SSSR count). The molecular weight excluding hydrogens is 266 g/mol. The van der Waals surface area contributed by atoms with Crippen LogP contribution in [-0.2, 0) is 4.74 Å². The second-order valence-electron chi connectivity index (χ2n) is 2.43. The average molecular weight is 268 g/mol. The van der Waals surface area contributed by atoms with Crippen LogP contribution >= 0.6 is 0 Å². The number of halogens is 10. The van der Waals surface area contributed by atoms with Gasteiger partial charge in [-0.25, -0.2) is 13.2 Å². The predicted molar refractivity (Wildman–Crippen MR) is 27.9 cm³/mol. The van der Waals surface area contributed by atoms with Gasteiger partial charge in [0, 0.05) is 0 Å². The van der Waals surface area contributed by atoms with Crippen molar-refractivity contribution in [3.8, 4) is 0 Å². The summed E-state index contributed by atoms with van der Waals surface area (Å²) in [6.45, 7) is 0. The Morgan fingerprint density at radius 3 is 1.31 bits per heavy atom. The fourth-order valence-electron chi connectivity index (χ4n) is 0.488. The summed E-state index contributed by atoms with van der Waals surface area (Å²) < 4.78 is 118. The normalized spacial score (nSPS) is 16.7. The van der Waals surface area contributed by atoms with Crippen molar-refractivity contribution < 1.29 is 48.6 Å². The molecule has 16 heavy (non-hydrogen) atoms. The third kappa shape index (κ3) is 3.12. The Kier molecular flexibility index (Phi) is 4.06. The average Bonchev–Trinajstić information content (AvgIpc) is 1.99. The summed E-state index contributed by atoms with van der Waals surface area (Å²) in [6, 6.07) is 0. The van der Waals surface area contributed by atoms with Crippen LogP contribution in [0.1, 0.15) is 0 Å². The third-order valence-electron chi connectivity index (χ3n) is 1.24. The summed E-state index contributed by atoms with van der Waals surface area (Å²) in [7, 11) is 0. The number of ether oxygens (including phenoxy) is 1. The Labute approximate surface area is 81.0 Å². The third-order valence-corrected chi connectivity index (χ3v) is 1.24. The highest BCUT2D eigenvalue weighted by molar-refractivity contribution is 4.89. The van der Waals surface area contributed by atoms with E-state index in [9.17, 15) is 43.9 Å². The van der Waals surface area contributed by atoms with Gasteiger partial charge in [-0.3, -0.25) is 4.74 Å². The highest BCUT2D eigenvalue weighted by Crippen LogP contribution is 2.44. The van der Waals surface area contributed by atoms with E-state index in [-0.39, 0.29) is 0 Å². The Balaban J connectivity index is 4.91. The number of rotatable bonds is 4. The van der Waals surface area contributed by atoms with E-state index >= 15 is 0 Å². The van der Waals surface area contributed by atoms with Gasteiger partial charge in [0.15, 0.2) is 0 Å². The molecule has 0 aliphatic heterocycles. The van der Waals surface area contributed by atoms with Gasteiger partial charge in [-0.05, 0) is 0 Å². The number of alkyl halides is 10. The van der Waals surface area contributed by atoms with Crippen molar-refractivity contribution in [3.63, 3.8) is 0 Å². The maximum atomic E-state index is 12.1. The summed E-state index contributed by atoms with van der Waals surface area (Å²) in [4.78, 5) is 0. The van der Waals surface area contributed by atoms with Gasteiger partial charge in [-0.15, -0.1) is 13.2 Å². The molecule has 1 atom stereocenters. The van der Waals surface area contributed by atoms with Gasteiger partial charge in [-0.2, -0.15) is 17.6 Å². The molecule has 0 aliphatic rings. The zero-order chi connectivity index (χ0) is 13.4. The first-order chi connectivity index (χ1) is 6.82. The van der Waals surface area contributed by atoms with Gasteiger partial charge in [0.25, 0.3) is 6.36 Å². The molecule has 0 N–H and O–H groups in total. The topological polar surface area (TPSA) is 9.23 Å². The summed E-state index contributed by atoms with van der Waals surface area (Å²) in [5.41, 5.74) is 0. The van der Waals surface area contributed by atoms with Gasteiger partial charge in [0.2, 0.25) is 0 Å². The quantitative estimate of drug-likeness (QED) is 0.710. The zero-order valence-electron chi connectivity index (χ0n) is 6.84. The lowest BCUT2D eigenvalue weighted by atomic mass is 10.2. The SMILES string of the molecule is FC(F)C(F)(F)C(F)(F)C(F)OC(F)(F)F. The summed E-state index contributed by atoms with van der Waals surface area (Å²) in [5, 5.41) is 0. The van der Waals surface area contributed by atoms with Gasteiger partial charge in [-0.1, -0.05) is 0 Å². The van der Waals surface area contributed by atoms with Gasteiger partial charge in [0.05, 0.1) is 0 Å². The Morgan fingerprint density at radius 1 is 0.688 bits per heavy atom. The molecule has 0 bridgehead atoms. The van der Waals surface area contributed by atoms with E-state index in [4.69, 9.17) is 0 Å². The van der Waals surface area contributed by atoms with Crippen molar-refractivity contribution in [2.45, 2.75) is 31.0 Å². The molecule has 0 saturated carbocycles. The largest absolute Gasteiger partial charge is 0.525 e. The molecule has 0 spiro atoms. The van der Waals surface area contributed by atoms with E-state index in [1.807, 2.05) is 4.74 Å². The minimum Gasteiger partial charge on any atom is -0.250 e. The molecular formula is C5H2F10O. The summed E-state index contributed by atoms with van der Waals surface area (Å²) in [6.07, 6.45) is -16.0. The lowest BCUT2D eigenvalue weighted by molar-refractivity contribution is -0.413. The molecule has 1 nitrogen and oxygen atoms in total. The van der Waals surface area contributed by atoms with Crippen molar-refractivity contribution in [3.05, 3.63) is 0 Å². The Morgan fingerprint density at radius 2 is 1.06 bits per heavy atom. The molecule has 1 unspecified atom stereocenters. The summed E-state index contributed by atoms with van der Waals surface area (Å²) in [5.74, 6) is -12.6. The van der Waals surface area contributed by atoms with Gasteiger partial charge < -0.3 is 0 Å². The molecule has 0 aromatic carbocycles. The number of hydrogen-bond donors (Lipinski definition) is 0. The molecule has 0 heterocycles. The molecule has 0 aromatic heterocycles. The molecule has 0 radical (unpaired) electrons. The maximum absolute atomic E-state index is 12.1. The van der Waals surface area contributed by atoms with E-state index in [1.54, 1.807) is 0 Å². The highest BCUT2D eigenvalue weighted by atomic mass is 19.4. The van der Waals surface area contributed by atoms with Crippen molar-refractivity contribution in [2.24, 2.45) is 0 Å². The predicted octanol–water partition coefficient (Wildman–Crippen LogP) is 3.35. The lowest BCUT2D eigenvalue weighted by Gasteiger charge is -2.28. The maximum Gasteiger partial charge on any atom is 0.525 e. The van der Waals surface area contributed by atoms with E-state index in [0.29, 0.717) is 0 Å². The van der Waals surface area contributed by atoms with E-state index in [2.05, 4.69) is 0 Å². The van der Waals surface area contributed by atoms with Crippen LogP contribution in [0, 0.1) is 0 Å². The van der Waals surface area contributed by atoms with Crippen LogP contribution in [0.5, 0.6) is 0 Å². The van der Waals surface area contributed by atoms with Crippen molar-refractivity contribution >= 4 is 0 Å². The van der Waals surface area contributed by atoms with Crippen molar-refractivity contribution in [1.29, 1.82) is 0 Å². The van der Waals surface area contributed by atoms with E-state index in [0.717, 1.165) is 0 Å². The van der Waals surface area contributed by atoms with E-state index in [1.165, 1.54) is 0 Å². The molecule has 11 heteroatoms. The van der Waals surface area contributed by atoms with Crippen LogP contribution in [0.4, 0.5) is 43.9 Å². The minimum atomic E-state index is -6.31. The van der Waals surface area contributed by atoms with Gasteiger partial charge >= 0.3 is 24.6 Å². The van der Waals surface area contributed by atoms with Crippen LogP contribution in [0.25, 0.3) is 0 Å². The van der Waals surface area contributed by atoms with Crippen LogP contribution in [0.15, 0.2) is 0 Å².